The zero-order valence-electron chi connectivity index (χ0n) is 19.1. The second kappa shape index (κ2) is 9.75. The largest absolute Gasteiger partial charge is 0.485 e. The Hall–Kier alpha value is -3.92. The lowest BCUT2D eigenvalue weighted by molar-refractivity contribution is -0.130. The number of ether oxygens (including phenoxy) is 2. The highest BCUT2D eigenvalue weighted by molar-refractivity contribution is 7.13. The van der Waals surface area contributed by atoms with Crippen molar-refractivity contribution in [3.63, 3.8) is 0 Å². The molecule has 2 aromatic carbocycles. The zero-order chi connectivity index (χ0) is 24.4. The van der Waals surface area contributed by atoms with E-state index in [-0.39, 0.29) is 25.7 Å². The third kappa shape index (κ3) is 5.12. The van der Waals surface area contributed by atoms with Gasteiger partial charge in [-0.25, -0.2) is 9.78 Å². The molecule has 0 bridgehead atoms. The number of nitrogens with one attached hydrogen (secondary N) is 2. The minimum absolute atomic E-state index is 0.0465. The second-order valence-electron chi connectivity index (χ2n) is 8.38. The summed E-state index contributed by atoms with van der Waals surface area (Å²) in [7, 11) is 0. The molecule has 2 aliphatic heterocycles. The molecule has 0 spiro atoms. The molecule has 1 atom stereocenters. The van der Waals surface area contributed by atoms with Crippen molar-refractivity contribution in [3.8, 4) is 16.7 Å². The third-order valence-electron chi connectivity index (χ3n) is 5.95. The molecule has 4 amide bonds. The molecule has 10 heteroatoms. The first-order chi connectivity index (χ1) is 17.0. The molecule has 2 aliphatic rings. The van der Waals surface area contributed by atoms with Gasteiger partial charge in [-0.15, -0.1) is 0 Å². The number of hydrogen-bond acceptors (Lipinski definition) is 7. The second-order valence-corrected chi connectivity index (χ2v) is 9.46. The van der Waals surface area contributed by atoms with E-state index in [0.29, 0.717) is 10.9 Å². The van der Waals surface area contributed by atoms with Gasteiger partial charge in [0.2, 0.25) is 5.91 Å². The van der Waals surface area contributed by atoms with E-state index in [1.165, 1.54) is 22.5 Å². The third-order valence-corrected chi connectivity index (χ3v) is 6.82. The van der Waals surface area contributed by atoms with Gasteiger partial charge < -0.3 is 20.1 Å². The van der Waals surface area contributed by atoms with Gasteiger partial charge in [0.05, 0.1) is 13.1 Å². The van der Waals surface area contributed by atoms with Gasteiger partial charge in [-0.2, -0.15) is 0 Å². The van der Waals surface area contributed by atoms with Gasteiger partial charge in [0.15, 0.2) is 0 Å². The van der Waals surface area contributed by atoms with Gasteiger partial charge in [0.25, 0.3) is 11.1 Å². The maximum absolute atomic E-state index is 12.1. The number of amides is 4. The van der Waals surface area contributed by atoms with E-state index in [9.17, 15) is 14.4 Å². The summed E-state index contributed by atoms with van der Waals surface area (Å²) in [5.41, 5.74) is 3.54. The van der Waals surface area contributed by atoms with Crippen LogP contribution in [0.4, 0.5) is 4.79 Å². The Morgan fingerprint density at radius 2 is 2.14 bits per heavy atom. The van der Waals surface area contributed by atoms with Crippen molar-refractivity contribution in [2.75, 3.05) is 13.1 Å². The van der Waals surface area contributed by atoms with Crippen LogP contribution < -0.4 is 20.1 Å². The highest BCUT2D eigenvalue weighted by Crippen LogP contribution is 2.38. The summed E-state index contributed by atoms with van der Waals surface area (Å²) >= 11 is 1.31. The van der Waals surface area contributed by atoms with Crippen LogP contribution in [-0.4, -0.2) is 40.8 Å². The monoisotopic (exact) mass is 492 g/mol. The lowest BCUT2D eigenvalue weighted by Gasteiger charge is -2.27. The molecule has 0 aliphatic carbocycles. The van der Waals surface area contributed by atoms with Gasteiger partial charge >= 0.3 is 6.03 Å². The Bertz CT molecular complexity index is 1270. The number of aryl methyl sites for hydroxylation is 2. The van der Waals surface area contributed by atoms with Gasteiger partial charge in [0.1, 0.15) is 24.1 Å². The van der Waals surface area contributed by atoms with E-state index in [1.54, 1.807) is 6.20 Å². The summed E-state index contributed by atoms with van der Waals surface area (Å²) in [6, 6.07) is 13.5. The lowest BCUT2D eigenvalue weighted by Crippen LogP contribution is -2.40. The molecule has 3 aromatic rings. The van der Waals surface area contributed by atoms with Gasteiger partial charge in [-0.05, 0) is 54.7 Å². The maximum atomic E-state index is 12.1. The summed E-state index contributed by atoms with van der Waals surface area (Å²) in [4.78, 5) is 41.2. The standard InChI is InChI=1S/C25H24N4O5S/c1-15-4-2-3-5-19(15)21-8-6-16-10-17(7-9-20(16)34-21)33-25-28-12-18(35-25)11-26-22(30)14-29-23(31)13-27-24(29)32/h2-5,7,9-10,12,21H,6,8,11,13-14H2,1H3,(H,26,30)(H,27,32). The Morgan fingerprint density at radius 3 is 2.94 bits per heavy atom. The van der Waals surface area contributed by atoms with E-state index in [2.05, 4.69) is 34.7 Å². The summed E-state index contributed by atoms with van der Waals surface area (Å²) in [6.07, 6.45) is 3.46. The minimum atomic E-state index is -0.556. The number of urea groups is 1. The van der Waals surface area contributed by atoms with Crippen molar-refractivity contribution in [1.29, 1.82) is 0 Å². The molecule has 1 aromatic heterocycles. The summed E-state index contributed by atoms with van der Waals surface area (Å²) in [5, 5.41) is 5.53. The molecule has 5 rings (SSSR count). The van der Waals surface area contributed by atoms with Crippen molar-refractivity contribution >= 4 is 29.2 Å². The molecule has 1 unspecified atom stereocenters. The van der Waals surface area contributed by atoms with E-state index in [1.807, 2.05) is 30.3 Å². The number of aromatic nitrogens is 1. The van der Waals surface area contributed by atoms with Crippen LogP contribution in [-0.2, 0) is 22.6 Å². The molecular formula is C25H24N4O5S. The molecule has 0 saturated carbocycles. The van der Waals surface area contributed by atoms with Crippen molar-refractivity contribution in [1.82, 2.24) is 20.5 Å². The first-order valence-corrected chi connectivity index (χ1v) is 12.1. The van der Waals surface area contributed by atoms with Crippen molar-refractivity contribution < 1.29 is 23.9 Å². The average Bonchev–Trinajstić information content (AvgIpc) is 3.44. The fourth-order valence-electron chi connectivity index (χ4n) is 4.12. The number of carbonyl (C=O) groups excluding carboxylic acids is 3. The predicted octanol–water partition coefficient (Wildman–Crippen LogP) is 3.48. The molecule has 9 nitrogen and oxygen atoms in total. The number of rotatable bonds is 7. The highest BCUT2D eigenvalue weighted by Gasteiger charge is 2.30. The quantitative estimate of drug-likeness (QED) is 0.489. The van der Waals surface area contributed by atoms with Crippen LogP contribution in [0.2, 0.25) is 0 Å². The number of thiazole rings is 1. The normalized spacial score (nSPS) is 16.9. The zero-order valence-corrected chi connectivity index (χ0v) is 19.9. The Kier molecular flexibility index (Phi) is 6.37. The SMILES string of the molecule is Cc1ccccc1C1CCc2cc(Oc3ncc(CNC(=O)CN4C(=O)CNC4=O)s3)ccc2O1. The Morgan fingerprint density at radius 1 is 1.29 bits per heavy atom. The van der Waals surface area contributed by atoms with E-state index in [4.69, 9.17) is 9.47 Å². The highest BCUT2D eigenvalue weighted by atomic mass is 32.1. The molecular weight excluding hydrogens is 468 g/mol. The van der Waals surface area contributed by atoms with Crippen LogP contribution in [0.5, 0.6) is 16.7 Å². The van der Waals surface area contributed by atoms with Gasteiger partial charge in [-0.3, -0.25) is 14.5 Å². The summed E-state index contributed by atoms with van der Waals surface area (Å²) in [5.74, 6) is 0.694. The molecule has 0 radical (unpaired) electrons. The van der Waals surface area contributed by atoms with Crippen molar-refractivity contribution in [3.05, 3.63) is 70.2 Å². The Labute approximate surface area is 206 Å². The molecule has 35 heavy (non-hydrogen) atoms. The number of hydrogen-bond donors (Lipinski definition) is 2. The number of benzene rings is 2. The van der Waals surface area contributed by atoms with E-state index >= 15 is 0 Å². The van der Waals surface area contributed by atoms with Crippen LogP contribution in [0.15, 0.2) is 48.7 Å². The lowest BCUT2D eigenvalue weighted by atomic mass is 9.95. The Balaban J connectivity index is 1.16. The number of imide groups is 1. The van der Waals surface area contributed by atoms with Gasteiger partial charge in [0, 0.05) is 11.1 Å². The average molecular weight is 493 g/mol. The summed E-state index contributed by atoms with van der Waals surface area (Å²) in [6.45, 7) is 1.94. The summed E-state index contributed by atoms with van der Waals surface area (Å²) < 4.78 is 12.2. The van der Waals surface area contributed by atoms with Crippen LogP contribution in [0.3, 0.4) is 0 Å². The topological polar surface area (TPSA) is 110 Å². The van der Waals surface area contributed by atoms with Crippen LogP contribution in [0, 0.1) is 6.92 Å². The molecule has 3 heterocycles. The smallest absolute Gasteiger partial charge is 0.325 e. The first-order valence-electron chi connectivity index (χ1n) is 11.3. The first kappa shape index (κ1) is 22.9. The van der Waals surface area contributed by atoms with E-state index in [0.717, 1.165) is 33.9 Å². The predicted molar refractivity (Wildman–Crippen MR) is 128 cm³/mol. The number of fused-ring (bicyclic) bond motifs is 1. The number of nitrogens with zero attached hydrogens (tertiary/aromatic N) is 2. The van der Waals surface area contributed by atoms with Crippen LogP contribution in [0.1, 0.15) is 34.1 Å². The molecule has 1 fully saturated rings. The van der Waals surface area contributed by atoms with Crippen molar-refractivity contribution in [2.45, 2.75) is 32.4 Å². The number of carbonyl (C=O) groups is 3. The fraction of sp³-hybridized carbons (Fsp3) is 0.280. The maximum Gasteiger partial charge on any atom is 0.325 e. The van der Waals surface area contributed by atoms with Crippen molar-refractivity contribution in [2.24, 2.45) is 0 Å². The van der Waals surface area contributed by atoms with Crippen LogP contribution >= 0.6 is 11.3 Å². The van der Waals surface area contributed by atoms with E-state index < -0.39 is 17.8 Å². The minimum Gasteiger partial charge on any atom is -0.485 e. The molecule has 180 valence electrons. The molecule has 1 saturated heterocycles. The van der Waals surface area contributed by atoms with Crippen LogP contribution in [0.25, 0.3) is 0 Å². The fourth-order valence-corrected chi connectivity index (χ4v) is 4.83. The van der Waals surface area contributed by atoms with Gasteiger partial charge in [-0.1, -0.05) is 35.6 Å². The molecule has 2 N–H and O–H groups in total.